The van der Waals surface area contributed by atoms with Gasteiger partial charge in [0.1, 0.15) is 5.01 Å². The van der Waals surface area contributed by atoms with Crippen LogP contribution in [0.1, 0.15) is 35.8 Å². The van der Waals surface area contributed by atoms with Gasteiger partial charge in [0, 0.05) is 12.0 Å². The lowest BCUT2D eigenvalue weighted by Crippen LogP contribution is -2.43. The van der Waals surface area contributed by atoms with Gasteiger partial charge in [-0.05, 0) is 26.8 Å². The Kier molecular flexibility index (Phi) is 4.89. The van der Waals surface area contributed by atoms with Crippen LogP contribution in [0, 0.1) is 6.92 Å². The maximum Gasteiger partial charge on any atom is 0.116 e. The topological polar surface area (TPSA) is 34.1 Å². The number of likely N-dealkylation sites (N-methyl/N-ethyl adjacent to an activating group) is 1. The maximum absolute atomic E-state index is 5.33. The third-order valence-electron chi connectivity index (χ3n) is 3.11. The van der Waals surface area contributed by atoms with Crippen molar-refractivity contribution >= 4 is 11.3 Å². The fourth-order valence-corrected chi connectivity index (χ4v) is 3.13. The zero-order valence-electron chi connectivity index (χ0n) is 10.9. The quantitative estimate of drug-likeness (QED) is 0.832. The molecule has 1 rings (SSSR count). The van der Waals surface area contributed by atoms with E-state index in [1.165, 1.54) is 10.6 Å². The van der Waals surface area contributed by atoms with E-state index in [0.29, 0.717) is 6.61 Å². The lowest BCUT2D eigenvalue weighted by molar-refractivity contribution is 0.110. The number of thiazole rings is 1. The summed E-state index contributed by atoms with van der Waals surface area (Å²) in [6.07, 6.45) is 1.98. The van der Waals surface area contributed by atoms with Crippen molar-refractivity contribution in [1.29, 1.82) is 0 Å². The molecule has 0 saturated carbocycles. The summed E-state index contributed by atoms with van der Waals surface area (Å²) >= 11 is 1.78. The first-order valence-electron chi connectivity index (χ1n) is 5.78. The Balaban J connectivity index is 3.09. The Hall–Kier alpha value is -0.450. The molecule has 0 aliphatic rings. The van der Waals surface area contributed by atoms with E-state index >= 15 is 0 Å². The molecule has 16 heavy (non-hydrogen) atoms. The largest absolute Gasteiger partial charge is 0.382 e. The molecule has 0 aliphatic heterocycles. The van der Waals surface area contributed by atoms with Crippen LogP contribution in [-0.2, 0) is 16.7 Å². The second-order valence-electron chi connectivity index (χ2n) is 3.99. The second kappa shape index (κ2) is 5.75. The lowest BCUT2D eigenvalue weighted by Gasteiger charge is -2.29. The number of aromatic nitrogens is 1. The van der Waals surface area contributed by atoms with E-state index in [4.69, 9.17) is 9.72 Å². The van der Waals surface area contributed by atoms with Crippen LogP contribution in [0.5, 0.6) is 0 Å². The van der Waals surface area contributed by atoms with Gasteiger partial charge in [0.15, 0.2) is 0 Å². The van der Waals surface area contributed by atoms with Crippen LogP contribution in [0.4, 0.5) is 0 Å². The molecule has 0 radical (unpaired) electrons. The predicted octanol–water partition coefficient (Wildman–Crippen LogP) is 2.49. The molecule has 0 saturated heterocycles. The molecule has 92 valence electrons. The van der Waals surface area contributed by atoms with Crippen LogP contribution in [0.3, 0.4) is 0 Å². The summed E-state index contributed by atoms with van der Waals surface area (Å²) in [5.41, 5.74) is 1.08. The first-order chi connectivity index (χ1) is 7.63. The van der Waals surface area contributed by atoms with Crippen molar-refractivity contribution in [3.05, 3.63) is 15.6 Å². The van der Waals surface area contributed by atoms with Crippen LogP contribution in [0.15, 0.2) is 0 Å². The number of methoxy groups -OCH3 is 1. The van der Waals surface area contributed by atoms with Crippen LogP contribution < -0.4 is 5.32 Å². The third-order valence-corrected chi connectivity index (χ3v) is 4.33. The molecule has 1 aromatic rings. The predicted molar refractivity (Wildman–Crippen MR) is 69.1 cm³/mol. The summed E-state index contributed by atoms with van der Waals surface area (Å²) in [7, 11) is 3.72. The molecule has 1 N–H and O–H groups in total. The second-order valence-corrected chi connectivity index (χ2v) is 5.20. The first kappa shape index (κ1) is 13.6. The molecule has 3 nitrogen and oxygen atoms in total. The van der Waals surface area contributed by atoms with E-state index < -0.39 is 0 Å². The van der Waals surface area contributed by atoms with E-state index in [-0.39, 0.29) is 5.54 Å². The monoisotopic (exact) mass is 242 g/mol. The maximum atomic E-state index is 5.33. The van der Waals surface area contributed by atoms with Crippen molar-refractivity contribution in [3.8, 4) is 0 Å². The van der Waals surface area contributed by atoms with Gasteiger partial charge in [-0.15, -0.1) is 11.3 Å². The van der Waals surface area contributed by atoms with Gasteiger partial charge in [-0.2, -0.15) is 0 Å². The minimum absolute atomic E-state index is 0.127. The summed E-state index contributed by atoms with van der Waals surface area (Å²) in [5.74, 6) is 0. The minimum Gasteiger partial charge on any atom is -0.382 e. The van der Waals surface area contributed by atoms with Crippen molar-refractivity contribution < 1.29 is 4.74 Å². The highest BCUT2D eigenvalue weighted by Crippen LogP contribution is 2.30. The van der Waals surface area contributed by atoms with Gasteiger partial charge in [-0.25, -0.2) is 4.98 Å². The number of hydrogen-bond acceptors (Lipinski definition) is 4. The molecule has 0 bridgehead atoms. The number of rotatable bonds is 6. The van der Waals surface area contributed by atoms with Crippen molar-refractivity contribution in [3.63, 3.8) is 0 Å². The molecule has 0 spiro atoms. The molecule has 1 unspecified atom stereocenters. The highest BCUT2D eigenvalue weighted by atomic mass is 32.1. The van der Waals surface area contributed by atoms with Gasteiger partial charge in [0.05, 0.1) is 17.8 Å². The summed E-state index contributed by atoms with van der Waals surface area (Å²) in [4.78, 5) is 6.06. The number of nitrogens with one attached hydrogen (secondary N) is 1. The molecule has 1 aromatic heterocycles. The van der Waals surface area contributed by atoms with Crippen molar-refractivity contribution in [2.45, 2.75) is 39.2 Å². The van der Waals surface area contributed by atoms with Gasteiger partial charge < -0.3 is 10.1 Å². The Bertz CT molecular complexity index is 332. The molecular formula is C12H22N2OS. The number of aryl methyl sites for hydroxylation is 2. The summed E-state index contributed by atoms with van der Waals surface area (Å²) in [6, 6.07) is 0. The standard InChI is InChI=1S/C12H22N2OS/c1-6-10-9(3)16-11(14-10)12(7-2,13-4)8-15-5/h13H,6-8H2,1-5H3. The Labute approximate surface area is 102 Å². The molecule has 0 aromatic carbocycles. The Morgan fingerprint density at radius 3 is 2.50 bits per heavy atom. The van der Waals surface area contributed by atoms with E-state index in [0.717, 1.165) is 17.8 Å². The van der Waals surface area contributed by atoms with E-state index in [1.807, 2.05) is 7.05 Å². The number of hydrogen-bond donors (Lipinski definition) is 1. The van der Waals surface area contributed by atoms with E-state index in [9.17, 15) is 0 Å². The zero-order valence-corrected chi connectivity index (χ0v) is 11.7. The Morgan fingerprint density at radius 2 is 2.12 bits per heavy atom. The van der Waals surface area contributed by atoms with Gasteiger partial charge >= 0.3 is 0 Å². The number of nitrogens with zero attached hydrogens (tertiary/aromatic N) is 1. The minimum atomic E-state index is -0.127. The van der Waals surface area contributed by atoms with E-state index in [2.05, 4.69) is 26.1 Å². The smallest absolute Gasteiger partial charge is 0.116 e. The van der Waals surface area contributed by atoms with Crippen molar-refractivity contribution in [1.82, 2.24) is 10.3 Å². The van der Waals surface area contributed by atoms with Crippen molar-refractivity contribution in [2.75, 3.05) is 20.8 Å². The fraction of sp³-hybridized carbons (Fsp3) is 0.750. The average molecular weight is 242 g/mol. The molecule has 0 amide bonds. The summed E-state index contributed by atoms with van der Waals surface area (Å²) in [5, 5.41) is 4.52. The first-order valence-corrected chi connectivity index (χ1v) is 6.59. The molecule has 0 aliphatic carbocycles. The van der Waals surface area contributed by atoms with Crippen LogP contribution in [0.25, 0.3) is 0 Å². The lowest BCUT2D eigenvalue weighted by atomic mass is 9.98. The number of ether oxygens (including phenoxy) is 1. The van der Waals surface area contributed by atoms with Crippen LogP contribution in [-0.4, -0.2) is 25.7 Å². The summed E-state index contributed by atoms with van der Waals surface area (Å²) in [6.45, 7) is 7.12. The molecule has 1 heterocycles. The van der Waals surface area contributed by atoms with Gasteiger partial charge in [0.2, 0.25) is 0 Å². The molecule has 0 fully saturated rings. The van der Waals surface area contributed by atoms with E-state index in [1.54, 1.807) is 18.4 Å². The average Bonchev–Trinajstić information content (AvgIpc) is 2.68. The summed E-state index contributed by atoms with van der Waals surface area (Å²) < 4.78 is 5.33. The molecule has 4 heteroatoms. The molecule has 1 atom stereocenters. The van der Waals surface area contributed by atoms with Gasteiger partial charge in [-0.1, -0.05) is 13.8 Å². The zero-order chi connectivity index (χ0) is 12.2. The van der Waals surface area contributed by atoms with Crippen LogP contribution >= 0.6 is 11.3 Å². The molecular weight excluding hydrogens is 220 g/mol. The highest BCUT2D eigenvalue weighted by Gasteiger charge is 2.32. The SMILES string of the molecule is CCc1nc(C(CC)(COC)NC)sc1C. The third kappa shape index (κ3) is 2.44. The normalized spacial score (nSPS) is 15.1. The van der Waals surface area contributed by atoms with Crippen LogP contribution in [0.2, 0.25) is 0 Å². The Morgan fingerprint density at radius 1 is 1.44 bits per heavy atom. The van der Waals surface area contributed by atoms with Gasteiger partial charge in [0.25, 0.3) is 0 Å². The fourth-order valence-electron chi connectivity index (χ4n) is 1.88. The highest BCUT2D eigenvalue weighted by molar-refractivity contribution is 7.11. The van der Waals surface area contributed by atoms with Crippen molar-refractivity contribution in [2.24, 2.45) is 0 Å². The van der Waals surface area contributed by atoms with Gasteiger partial charge in [-0.3, -0.25) is 0 Å².